The van der Waals surface area contributed by atoms with Gasteiger partial charge >= 0.3 is 0 Å². The molecule has 0 bridgehead atoms. The Bertz CT molecular complexity index is 961. The molecule has 0 saturated heterocycles. The molecule has 3 heterocycles. The first-order valence-electron chi connectivity index (χ1n) is 9.58. The number of ether oxygens (including phenoxy) is 2. The van der Waals surface area contributed by atoms with Crippen molar-refractivity contribution in [2.45, 2.75) is 42.9 Å². The molecule has 1 atom stereocenters. The lowest BCUT2D eigenvalue weighted by Gasteiger charge is -2.43. The number of halogens is 1. The van der Waals surface area contributed by atoms with Gasteiger partial charge in [-0.3, -0.25) is 4.98 Å². The monoisotopic (exact) mass is 379 g/mol. The van der Waals surface area contributed by atoms with Crippen molar-refractivity contribution in [3.05, 3.63) is 60.2 Å². The van der Waals surface area contributed by atoms with E-state index in [0.717, 1.165) is 48.1 Å². The van der Waals surface area contributed by atoms with Crippen molar-refractivity contribution < 1.29 is 13.9 Å². The van der Waals surface area contributed by atoms with Gasteiger partial charge in [0.05, 0.1) is 6.10 Å². The third kappa shape index (κ3) is 2.34. The van der Waals surface area contributed by atoms with Gasteiger partial charge in [0.2, 0.25) is 0 Å². The highest BCUT2D eigenvalue weighted by Gasteiger charge is 2.62. The zero-order valence-electron chi connectivity index (χ0n) is 15.7. The van der Waals surface area contributed by atoms with Gasteiger partial charge in [-0.2, -0.15) is 0 Å². The number of hydrogen-bond donors (Lipinski definition) is 1. The normalized spacial score (nSPS) is 30.9. The summed E-state index contributed by atoms with van der Waals surface area (Å²) in [6.45, 7) is 0. The molecule has 1 saturated carbocycles. The van der Waals surface area contributed by atoms with Crippen LogP contribution in [0.1, 0.15) is 31.2 Å². The van der Waals surface area contributed by atoms with Gasteiger partial charge in [0.15, 0.2) is 17.2 Å². The van der Waals surface area contributed by atoms with E-state index in [0.29, 0.717) is 0 Å². The lowest BCUT2D eigenvalue weighted by molar-refractivity contribution is -0.0426. The molecule has 6 heteroatoms. The number of amidine groups is 1. The minimum Gasteiger partial charge on any atom is -0.484 e. The number of fused-ring (bicyclic) bond motifs is 3. The van der Waals surface area contributed by atoms with E-state index in [9.17, 15) is 4.39 Å². The summed E-state index contributed by atoms with van der Waals surface area (Å²) in [4.78, 5) is 8.85. The van der Waals surface area contributed by atoms with Crippen LogP contribution in [0.25, 0.3) is 11.1 Å². The van der Waals surface area contributed by atoms with Crippen LogP contribution in [0.2, 0.25) is 0 Å². The molecule has 2 aliphatic heterocycles. The van der Waals surface area contributed by atoms with Crippen LogP contribution < -0.4 is 10.5 Å². The largest absolute Gasteiger partial charge is 0.484 e. The fourth-order valence-corrected chi connectivity index (χ4v) is 4.84. The Kier molecular flexibility index (Phi) is 3.81. The van der Waals surface area contributed by atoms with E-state index >= 15 is 0 Å². The number of rotatable bonds is 2. The second-order valence-electron chi connectivity index (χ2n) is 7.74. The molecule has 28 heavy (non-hydrogen) atoms. The molecule has 1 aliphatic carbocycles. The Morgan fingerprint density at radius 1 is 1.21 bits per heavy atom. The zero-order chi connectivity index (χ0) is 19.4. The fourth-order valence-electron chi connectivity index (χ4n) is 4.84. The van der Waals surface area contributed by atoms with Crippen LogP contribution in [0.5, 0.6) is 5.75 Å². The van der Waals surface area contributed by atoms with Gasteiger partial charge in [-0.1, -0.05) is 12.1 Å². The molecule has 1 unspecified atom stereocenters. The molecule has 0 radical (unpaired) electrons. The lowest BCUT2D eigenvalue weighted by atomic mass is 9.68. The van der Waals surface area contributed by atoms with Crippen LogP contribution in [-0.2, 0) is 10.3 Å². The fraction of sp³-hybridized carbons (Fsp3) is 0.364. The van der Waals surface area contributed by atoms with Gasteiger partial charge in [-0.15, -0.1) is 0 Å². The number of methoxy groups -OCH3 is 1. The van der Waals surface area contributed by atoms with Crippen molar-refractivity contribution in [3.8, 4) is 16.9 Å². The van der Waals surface area contributed by atoms with Gasteiger partial charge in [0, 0.05) is 30.6 Å². The highest BCUT2D eigenvalue weighted by Crippen LogP contribution is 2.59. The highest BCUT2D eigenvalue weighted by atomic mass is 19.1. The number of aliphatic imine (C=N–C) groups is 1. The molecular weight excluding hydrogens is 357 g/mol. The molecule has 2 aromatic rings. The van der Waals surface area contributed by atoms with Crippen LogP contribution >= 0.6 is 0 Å². The third-order valence-corrected chi connectivity index (χ3v) is 6.34. The molecule has 1 fully saturated rings. The predicted octanol–water partition coefficient (Wildman–Crippen LogP) is 3.89. The van der Waals surface area contributed by atoms with Gasteiger partial charge in [-0.05, 0) is 55.5 Å². The van der Waals surface area contributed by atoms with Crippen molar-refractivity contribution in [1.82, 2.24) is 4.98 Å². The second kappa shape index (κ2) is 6.14. The summed E-state index contributed by atoms with van der Waals surface area (Å²) in [5.74, 6) is 0.207. The number of benzene rings is 1. The van der Waals surface area contributed by atoms with E-state index in [4.69, 9.17) is 15.2 Å². The summed E-state index contributed by atoms with van der Waals surface area (Å²) in [5.41, 5.74) is 7.16. The Balaban J connectivity index is 1.65. The first kappa shape index (κ1) is 17.4. The van der Waals surface area contributed by atoms with Crippen LogP contribution in [0, 0.1) is 0 Å². The smallest absolute Gasteiger partial charge is 0.163 e. The van der Waals surface area contributed by atoms with E-state index in [2.05, 4.69) is 9.98 Å². The summed E-state index contributed by atoms with van der Waals surface area (Å²) in [6.07, 6.45) is 8.42. The first-order valence-corrected chi connectivity index (χ1v) is 9.58. The third-order valence-electron chi connectivity index (χ3n) is 6.34. The Hall–Kier alpha value is -2.73. The molecule has 0 amide bonds. The maximum absolute atomic E-state index is 14.5. The number of nitrogens with zero attached hydrogens (tertiary/aromatic N) is 2. The summed E-state index contributed by atoms with van der Waals surface area (Å²) in [6, 6.07) is 9.89. The molecule has 5 nitrogen and oxygen atoms in total. The quantitative estimate of drug-likeness (QED) is 0.859. The van der Waals surface area contributed by atoms with Gasteiger partial charge in [0.25, 0.3) is 0 Å². The minimum atomic E-state index is -0.937. The number of nitrogens with two attached hydrogens (primary N) is 1. The van der Waals surface area contributed by atoms with Crippen molar-refractivity contribution >= 4 is 5.84 Å². The van der Waals surface area contributed by atoms with E-state index in [-0.39, 0.29) is 11.9 Å². The summed E-state index contributed by atoms with van der Waals surface area (Å²) in [5, 5.41) is 0. The minimum absolute atomic E-state index is 0.0588. The SMILES string of the molecule is COC1CCC2(CC1)Oc1ccc(-c3cccnc3)cc1C21C=C(F)C(N)=N1. The molecule has 144 valence electrons. The van der Waals surface area contributed by atoms with Crippen LogP contribution in [-0.4, -0.2) is 29.6 Å². The molecular formula is C22H22FN3O2. The van der Waals surface area contributed by atoms with Crippen molar-refractivity contribution in [2.24, 2.45) is 10.7 Å². The Labute approximate surface area is 163 Å². The first-order chi connectivity index (χ1) is 13.6. The summed E-state index contributed by atoms with van der Waals surface area (Å²) < 4.78 is 26.6. The predicted molar refractivity (Wildman–Crippen MR) is 105 cm³/mol. The van der Waals surface area contributed by atoms with E-state index in [1.165, 1.54) is 0 Å². The topological polar surface area (TPSA) is 69.7 Å². The van der Waals surface area contributed by atoms with Crippen LogP contribution in [0.3, 0.4) is 0 Å². The zero-order valence-corrected chi connectivity index (χ0v) is 15.7. The molecule has 3 aliphatic rings. The molecule has 1 aromatic heterocycles. The molecule has 2 N–H and O–H groups in total. The van der Waals surface area contributed by atoms with E-state index in [1.807, 2.05) is 36.5 Å². The molecule has 5 rings (SSSR count). The average Bonchev–Trinajstić information content (AvgIpc) is 3.17. The van der Waals surface area contributed by atoms with Crippen LogP contribution in [0.4, 0.5) is 4.39 Å². The Morgan fingerprint density at radius 3 is 2.68 bits per heavy atom. The van der Waals surface area contributed by atoms with Crippen LogP contribution in [0.15, 0.2) is 59.6 Å². The van der Waals surface area contributed by atoms with E-state index in [1.54, 1.807) is 19.4 Å². The number of aromatic nitrogens is 1. The van der Waals surface area contributed by atoms with Gasteiger partial charge in [0.1, 0.15) is 11.4 Å². The Morgan fingerprint density at radius 2 is 2.04 bits per heavy atom. The number of hydrogen-bond acceptors (Lipinski definition) is 5. The summed E-state index contributed by atoms with van der Waals surface area (Å²) >= 11 is 0. The number of pyridine rings is 1. The van der Waals surface area contributed by atoms with Crippen molar-refractivity contribution in [2.75, 3.05) is 7.11 Å². The standard InChI is InChI=1S/C22H22FN3O2/c1-27-16-6-8-21(9-7-16)22(12-18(23)20(24)26-22)17-11-14(4-5-19(17)28-21)15-3-2-10-25-13-15/h2-5,10-13,16H,6-9H2,1H3,(H2,24,26). The molecule has 2 spiro atoms. The summed E-state index contributed by atoms with van der Waals surface area (Å²) in [7, 11) is 1.73. The van der Waals surface area contributed by atoms with Crippen molar-refractivity contribution in [1.29, 1.82) is 0 Å². The highest BCUT2D eigenvalue weighted by molar-refractivity contribution is 5.98. The van der Waals surface area contributed by atoms with E-state index < -0.39 is 17.0 Å². The van der Waals surface area contributed by atoms with Gasteiger partial charge in [-0.25, -0.2) is 9.38 Å². The van der Waals surface area contributed by atoms with Gasteiger partial charge < -0.3 is 15.2 Å². The van der Waals surface area contributed by atoms with Crippen molar-refractivity contribution in [3.63, 3.8) is 0 Å². The second-order valence-corrected chi connectivity index (χ2v) is 7.74. The molecule has 1 aromatic carbocycles. The maximum Gasteiger partial charge on any atom is 0.163 e. The lowest BCUT2D eigenvalue weighted by Crippen LogP contribution is -2.52. The average molecular weight is 379 g/mol. The maximum atomic E-state index is 14.5.